The molecular weight excluding hydrogens is 255 g/mol. The Morgan fingerprint density at radius 3 is 2.67 bits per heavy atom. The summed E-state index contributed by atoms with van der Waals surface area (Å²) >= 11 is 1.16. The van der Waals surface area contributed by atoms with Crippen LogP contribution in [0.3, 0.4) is 0 Å². The summed E-state index contributed by atoms with van der Waals surface area (Å²) in [5.41, 5.74) is -0.314. The first-order chi connectivity index (χ1) is 8.33. The second-order valence-corrected chi connectivity index (χ2v) is 5.77. The van der Waals surface area contributed by atoms with Gasteiger partial charge in [-0.1, -0.05) is 6.07 Å². The number of rotatable bonds is 4. The number of aliphatic hydroxyl groups is 1. The second kappa shape index (κ2) is 6.20. The molecule has 1 N–H and O–H groups in total. The quantitative estimate of drug-likeness (QED) is 0.676. The number of ether oxygens (including phenoxy) is 1. The van der Waals surface area contributed by atoms with Gasteiger partial charge in [0.1, 0.15) is 11.4 Å². The number of hydrogen-bond acceptors (Lipinski definition) is 4. The first-order valence-electron chi connectivity index (χ1n) is 5.56. The lowest BCUT2D eigenvalue weighted by atomic mass is 10.2. The maximum absolute atomic E-state index is 13.4. The van der Waals surface area contributed by atoms with Gasteiger partial charge in [-0.05, 0) is 32.9 Å². The van der Waals surface area contributed by atoms with Gasteiger partial charge < -0.3 is 9.84 Å². The summed E-state index contributed by atoms with van der Waals surface area (Å²) < 4.78 is 18.5. The second-order valence-electron chi connectivity index (χ2n) is 4.75. The Hall–Kier alpha value is -1.07. The summed E-state index contributed by atoms with van der Waals surface area (Å²) in [5, 5.41) is 9.08. The van der Waals surface area contributed by atoms with Crippen LogP contribution in [0.1, 0.15) is 26.3 Å². The first kappa shape index (κ1) is 15.0. The van der Waals surface area contributed by atoms with E-state index in [4.69, 9.17) is 9.84 Å². The van der Waals surface area contributed by atoms with E-state index in [1.165, 1.54) is 6.07 Å². The average molecular weight is 272 g/mol. The van der Waals surface area contributed by atoms with E-state index in [1.807, 2.05) is 0 Å². The van der Waals surface area contributed by atoms with Crippen molar-refractivity contribution in [3.8, 4) is 0 Å². The number of hydrogen-bond donors (Lipinski definition) is 1. The smallest absolute Gasteiger partial charge is 0.316 e. The van der Waals surface area contributed by atoms with Crippen molar-refractivity contribution in [2.45, 2.75) is 37.9 Å². The standard InChI is InChI=1S/C13H17FO3S/c1-13(2,3)17-12(16)8-18-11-6-4-5-10(14)9(11)7-15/h4-6,15H,7-8H2,1-3H3. The van der Waals surface area contributed by atoms with Crippen LogP contribution >= 0.6 is 11.8 Å². The molecule has 1 aromatic carbocycles. The maximum Gasteiger partial charge on any atom is 0.316 e. The molecule has 5 heteroatoms. The monoisotopic (exact) mass is 272 g/mol. The minimum Gasteiger partial charge on any atom is -0.459 e. The first-order valence-corrected chi connectivity index (χ1v) is 6.55. The summed E-state index contributed by atoms with van der Waals surface area (Å²) in [5.74, 6) is -0.736. The zero-order chi connectivity index (χ0) is 13.8. The minimum absolute atomic E-state index is 0.0910. The van der Waals surface area contributed by atoms with Crippen LogP contribution in [0.2, 0.25) is 0 Å². The number of thioether (sulfide) groups is 1. The molecule has 0 unspecified atom stereocenters. The third-order valence-corrected chi connectivity index (χ3v) is 3.07. The molecule has 0 bridgehead atoms. The van der Waals surface area contributed by atoms with Crippen LogP contribution in [-0.4, -0.2) is 22.4 Å². The number of halogens is 1. The molecule has 0 saturated carbocycles. The van der Waals surface area contributed by atoms with Gasteiger partial charge in [0, 0.05) is 10.5 Å². The van der Waals surface area contributed by atoms with E-state index in [0.717, 1.165) is 11.8 Å². The van der Waals surface area contributed by atoms with E-state index < -0.39 is 11.4 Å². The zero-order valence-electron chi connectivity index (χ0n) is 10.7. The van der Waals surface area contributed by atoms with Crippen LogP contribution in [0.5, 0.6) is 0 Å². The predicted molar refractivity (Wildman–Crippen MR) is 68.9 cm³/mol. The zero-order valence-corrected chi connectivity index (χ0v) is 11.5. The lowest BCUT2D eigenvalue weighted by Crippen LogP contribution is -2.24. The molecule has 0 aliphatic heterocycles. The Morgan fingerprint density at radius 2 is 2.11 bits per heavy atom. The fourth-order valence-corrected chi connectivity index (χ4v) is 2.18. The molecule has 100 valence electrons. The highest BCUT2D eigenvalue weighted by molar-refractivity contribution is 8.00. The van der Waals surface area contributed by atoms with Gasteiger partial charge in [-0.3, -0.25) is 4.79 Å². The minimum atomic E-state index is -0.528. The number of carbonyl (C=O) groups excluding carboxylic acids is 1. The fraction of sp³-hybridized carbons (Fsp3) is 0.462. The number of benzene rings is 1. The lowest BCUT2D eigenvalue weighted by molar-refractivity contribution is -0.151. The highest BCUT2D eigenvalue weighted by Gasteiger charge is 2.17. The predicted octanol–water partition coefficient (Wildman–Crippen LogP) is 2.75. The van der Waals surface area contributed by atoms with E-state index in [1.54, 1.807) is 32.9 Å². The Labute approximate surface area is 110 Å². The van der Waals surface area contributed by atoms with Crippen LogP contribution in [-0.2, 0) is 16.1 Å². The molecular formula is C13H17FO3S. The van der Waals surface area contributed by atoms with Crippen LogP contribution in [0.4, 0.5) is 4.39 Å². The molecule has 0 heterocycles. The Balaban J connectivity index is 2.64. The van der Waals surface area contributed by atoms with Gasteiger partial charge in [-0.15, -0.1) is 11.8 Å². The molecule has 0 aliphatic rings. The van der Waals surface area contributed by atoms with Gasteiger partial charge >= 0.3 is 5.97 Å². The van der Waals surface area contributed by atoms with E-state index in [9.17, 15) is 9.18 Å². The molecule has 0 atom stereocenters. The third-order valence-electron chi connectivity index (χ3n) is 2.00. The van der Waals surface area contributed by atoms with Gasteiger partial charge in [0.25, 0.3) is 0 Å². The van der Waals surface area contributed by atoms with Crippen molar-refractivity contribution in [2.24, 2.45) is 0 Å². The van der Waals surface area contributed by atoms with E-state index in [2.05, 4.69) is 0 Å². The Morgan fingerprint density at radius 1 is 1.44 bits per heavy atom. The highest BCUT2D eigenvalue weighted by atomic mass is 32.2. The molecule has 0 aromatic heterocycles. The van der Waals surface area contributed by atoms with Crippen LogP contribution in [0.15, 0.2) is 23.1 Å². The summed E-state index contributed by atoms with van der Waals surface area (Å²) in [6.07, 6.45) is 0. The molecule has 0 fully saturated rings. The van der Waals surface area contributed by atoms with Crippen molar-refractivity contribution >= 4 is 17.7 Å². The number of carbonyl (C=O) groups is 1. The molecule has 0 saturated heterocycles. The normalized spacial score (nSPS) is 11.4. The molecule has 3 nitrogen and oxygen atoms in total. The SMILES string of the molecule is CC(C)(C)OC(=O)CSc1cccc(F)c1CO. The van der Waals surface area contributed by atoms with Crippen LogP contribution < -0.4 is 0 Å². The van der Waals surface area contributed by atoms with Crippen molar-refractivity contribution < 1.29 is 19.0 Å². The van der Waals surface area contributed by atoms with E-state index in [-0.39, 0.29) is 23.9 Å². The average Bonchev–Trinajstić information content (AvgIpc) is 2.24. The maximum atomic E-state index is 13.4. The van der Waals surface area contributed by atoms with Crippen molar-refractivity contribution in [1.82, 2.24) is 0 Å². The Kier molecular flexibility index (Phi) is 5.16. The molecule has 18 heavy (non-hydrogen) atoms. The van der Waals surface area contributed by atoms with Crippen molar-refractivity contribution in [3.63, 3.8) is 0 Å². The van der Waals surface area contributed by atoms with Gasteiger partial charge in [0.05, 0.1) is 12.4 Å². The fourth-order valence-electron chi connectivity index (χ4n) is 1.34. The topological polar surface area (TPSA) is 46.5 Å². The van der Waals surface area contributed by atoms with Gasteiger partial charge in [-0.25, -0.2) is 4.39 Å². The van der Waals surface area contributed by atoms with E-state index >= 15 is 0 Å². The van der Waals surface area contributed by atoms with Gasteiger partial charge in [-0.2, -0.15) is 0 Å². The molecule has 1 rings (SSSR count). The number of esters is 1. The Bertz CT molecular complexity index is 427. The van der Waals surface area contributed by atoms with Gasteiger partial charge in [0.2, 0.25) is 0 Å². The van der Waals surface area contributed by atoms with Crippen LogP contribution in [0, 0.1) is 5.82 Å². The van der Waals surface area contributed by atoms with Gasteiger partial charge in [0.15, 0.2) is 0 Å². The molecule has 1 aromatic rings. The van der Waals surface area contributed by atoms with E-state index in [0.29, 0.717) is 4.90 Å². The largest absolute Gasteiger partial charge is 0.459 e. The van der Waals surface area contributed by atoms with Crippen molar-refractivity contribution in [3.05, 3.63) is 29.6 Å². The highest BCUT2D eigenvalue weighted by Crippen LogP contribution is 2.25. The number of aliphatic hydroxyl groups excluding tert-OH is 1. The summed E-state index contributed by atoms with van der Waals surface area (Å²) in [4.78, 5) is 12.1. The van der Waals surface area contributed by atoms with Crippen molar-refractivity contribution in [1.29, 1.82) is 0 Å². The molecule has 0 spiro atoms. The summed E-state index contributed by atoms with van der Waals surface area (Å²) in [7, 11) is 0. The molecule has 0 amide bonds. The molecule has 0 aliphatic carbocycles. The molecule has 0 radical (unpaired) electrons. The third kappa shape index (κ3) is 4.66. The van der Waals surface area contributed by atoms with Crippen LogP contribution in [0.25, 0.3) is 0 Å². The summed E-state index contributed by atoms with van der Waals surface area (Å²) in [6, 6.07) is 4.50. The lowest BCUT2D eigenvalue weighted by Gasteiger charge is -2.19. The van der Waals surface area contributed by atoms with Crippen molar-refractivity contribution in [2.75, 3.05) is 5.75 Å². The summed E-state index contributed by atoms with van der Waals surface area (Å²) in [6.45, 7) is 4.98.